The third-order valence-electron chi connectivity index (χ3n) is 4.10. The molecule has 1 unspecified atom stereocenters. The standard InChI is InChI=1S/C13H18N4O4S.ClH/c1-16(2)22(20,21)10-4-7-11(14-13(18)12(7)15-19)9-6-17(3)5-8(9)10;/h4,12,15,19H,5-6H2,1-3H3,(H,14,18);1H. The maximum absolute atomic E-state index is 12.6. The number of amides is 1. The van der Waals surface area contributed by atoms with Crippen LogP contribution in [0.1, 0.15) is 22.7 Å². The van der Waals surface area contributed by atoms with Crippen LogP contribution < -0.4 is 10.8 Å². The van der Waals surface area contributed by atoms with E-state index in [4.69, 9.17) is 0 Å². The number of hydroxylamine groups is 1. The molecule has 0 fully saturated rings. The van der Waals surface area contributed by atoms with Crippen molar-refractivity contribution in [2.24, 2.45) is 0 Å². The first-order valence-electron chi connectivity index (χ1n) is 6.77. The number of benzene rings is 1. The lowest BCUT2D eigenvalue weighted by Gasteiger charge is -2.17. The van der Waals surface area contributed by atoms with Gasteiger partial charge in [-0.05, 0) is 24.2 Å². The zero-order chi connectivity index (χ0) is 16.2. The van der Waals surface area contributed by atoms with Gasteiger partial charge in [0.15, 0.2) is 0 Å². The van der Waals surface area contributed by atoms with Crippen molar-refractivity contribution in [2.45, 2.75) is 24.0 Å². The molecule has 0 saturated heterocycles. The summed E-state index contributed by atoms with van der Waals surface area (Å²) in [6.45, 7) is 1.05. The molecule has 2 aliphatic rings. The van der Waals surface area contributed by atoms with Gasteiger partial charge in [-0.1, -0.05) is 0 Å². The maximum atomic E-state index is 12.6. The summed E-state index contributed by atoms with van der Waals surface area (Å²) >= 11 is 0. The quantitative estimate of drug-likeness (QED) is 0.667. The van der Waals surface area contributed by atoms with Crippen LogP contribution in [0.2, 0.25) is 0 Å². The van der Waals surface area contributed by atoms with Crippen LogP contribution in [0.3, 0.4) is 0 Å². The topological polar surface area (TPSA) is 102 Å². The van der Waals surface area contributed by atoms with Gasteiger partial charge in [-0.2, -0.15) is 5.48 Å². The Morgan fingerprint density at radius 3 is 2.52 bits per heavy atom. The van der Waals surface area contributed by atoms with Gasteiger partial charge in [0.1, 0.15) is 6.04 Å². The van der Waals surface area contributed by atoms with Crippen LogP contribution in [0, 0.1) is 0 Å². The van der Waals surface area contributed by atoms with Gasteiger partial charge >= 0.3 is 0 Å². The third-order valence-corrected chi connectivity index (χ3v) is 5.99. The largest absolute Gasteiger partial charge is 0.324 e. The van der Waals surface area contributed by atoms with Crippen LogP contribution >= 0.6 is 12.4 Å². The summed E-state index contributed by atoms with van der Waals surface area (Å²) in [5, 5.41) is 11.9. The number of hydrogen-bond donors (Lipinski definition) is 3. The second-order valence-electron chi connectivity index (χ2n) is 5.81. The van der Waals surface area contributed by atoms with Crippen molar-refractivity contribution >= 4 is 34.0 Å². The smallest absolute Gasteiger partial charge is 0.248 e. The molecule has 3 N–H and O–H groups in total. The molecule has 2 aliphatic heterocycles. The zero-order valence-corrected chi connectivity index (χ0v) is 14.6. The molecule has 0 saturated carbocycles. The number of rotatable bonds is 3. The first-order chi connectivity index (χ1) is 10.3. The van der Waals surface area contributed by atoms with Crippen LogP contribution in [0.15, 0.2) is 11.0 Å². The Morgan fingerprint density at radius 1 is 1.35 bits per heavy atom. The lowest BCUT2D eigenvalue weighted by atomic mass is 10.0. The van der Waals surface area contributed by atoms with E-state index < -0.39 is 22.0 Å². The van der Waals surface area contributed by atoms with Crippen LogP contribution in [0.5, 0.6) is 0 Å². The first-order valence-corrected chi connectivity index (χ1v) is 8.21. The Balaban J connectivity index is 0.00000192. The molecular weight excluding hydrogens is 344 g/mol. The van der Waals surface area contributed by atoms with Crippen molar-refractivity contribution in [3.8, 4) is 0 Å². The predicted molar refractivity (Wildman–Crippen MR) is 86.0 cm³/mol. The molecule has 0 spiro atoms. The van der Waals surface area contributed by atoms with Crippen molar-refractivity contribution in [1.82, 2.24) is 14.7 Å². The summed E-state index contributed by atoms with van der Waals surface area (Å²) < 4.78 is 26.3. The molecule has 10 heteroatoms. The highest BCUT2D eigenvalue weighted by atomic mass is 35.5. The van der Waals surface area contributed by atoms with Crippen molar-refractivity contribution < 1.29 is 18.4 Å². The third kappa shape index (κ3) is 2.63. The highest BCUT2D eigenvalue weighted by Crippen LogP contribution is 2.42. The number of anilines is 1. The first kappa shape index (κ1) is 18.1. The Morgan fingerprint density at radius 2 is 1.96 bits per heavy atom. The number of halogens is 1. The van der Waals surface area contributed by atoms with E-state index >= 15 is 0 Å². The maximum Gasteiger partial charge on any atom is 0.248 e. The van der Waals surface area contributed by atoms with Crippen LogP contribution in [-0.2, 0) is 27.9 Å². The lowest BCUT2D eigenvalue weighted by Crippen LogP contribution is -2.25. The van der Waals surface area contributed by atoms with E-state index in [0.29, 0.717) is 29.9 Å². The van der Waals surface area contributed by atoms with E-state index in [1.54, 1.807) is 0 Å². The fourth-order valence-corrected chi connectivity index (χ4v) is 4.15. The molecule has 8 nitrogen and oxygen atoms in total. The second kappa shape index (κ2) is 6.00. The Kier molecular flexibility index (Phi) is 4.73. The van der Waals surface area contributed by atoms with Crippen molar-refractivity contribution in [1.29, 1.82) is 0 Å². The Hall–Kier alpha value is -1.23. The molecule has 1 aromatic carbocycles. The van der Waals surface area contributed by atoms with Gasteiger partial charge in [0, 0.05) is 32.7 Å². The van der Waals surface area contributed by atoms with Crippen LogP contribution in [0.25, 0.3) is 0 Å². The molecule has 1 atom stereocenters. The van der Waals surface area contributed by atoms with E-state index in [0.717, 1.165) is 9.87 Å². The number of nitrogens with one attached hydrogen (secondary N) is 2. The van der Waals surface area contributed by atoms with Crippen LogP contribution in [-0.4, -0.2) is 49.9 Å². The molecule has 0 radical (unpaired) electrons. The van der Waals surface area contributed by atoms with Gasteiger partial charge in [0.05, 0.1) is 10.6 Å². The minimum Gasteiger partial charge on any atom is -0.324 e. The van der Waals surface area contributed by atoms with Gasteiger partial charge < -0.3 is 10.5 Å². The van der Waals surface area contributed by atoms with Crippen molar-refractivity contribution in [3.05, 3.63) is 22.8 Å². The summed E-state index contributed by atoms with van der Waals surface area (Å²) in [4.78, 5) is 14.1. The summed E-state index contributed by atoms with van der Waals surface area (Å²) in [5.74, 6) is -0.395. The summed E-state index contributed by atoms with van der Waals surface area (Å²) in [7, 11) is 1.19. The fourth-order valence-electron chi connectivity index (χ4n) is 2.98. The zero-order valence-electron chi connectivity index (χ0n) is 13.0. The molecule has 1 amide bonds. The molecule has 0 bridgehead atoms. The number of carbonyl (C=O) groups excluding carboxylic acids is 1. The molecule has 0 aliphatic carbocycles. The predicted octanol–water partition coefficient (Wildman–Crippen LogP) is 0.276. The lowest BCUT2D eigenvalue weighted by molar-refractivity contribution is -0.120. The van der Waals surface area contributed by atoms with Gasteiger partial charge in [-0.15, -0.1) is 12.4 Å². The number of fused-ring (bicyclic) bond motifs is 3. The fraction of sp³-hybridized carbons (Fsp3) is 0.462. The molecule has 23 heavy (non-hydrogen) atoms. The van der Waals surface area contributed by atoms with Gasteiger partial charge in [0.25, 0.3) is 0 Å². The monoisotopic (exact) mass is 362 g/mol. The second-order valence-corrected chi connectivity index (χ2v) is 7.93. The number of hydrogen-bond acceptors (Lipinski definition) is 6. The number of carbonyl (C=O) groups is 1. The minimum absolute atomic E-state index is 0. The average Bonchev–Trinajstić information content (AvgIpc) is 2.96. The molecule has 1 aromatic rings. The number of nitrogens with zero attached hydrogens (tertiary/aromatic N) is 2. The van der Waals surface area contributed by atoms with Gasteiger partial charge in [-0.25, -0.2) is 12.7 Å². The molecular formula is C13H19ClN4O4S. The Bertz CT molecular complexity index is 766. The molecule has 2 heterocycles. The van der Waals surface area contributed by atoms with Crippen molar-refractivity contribution in [3.63, 3.8) is 0 Å². The normalized spacial score (nSPS) is 20.2. The van der Waals surface area contributed by atoms with E-state index in [2.05, 4.69) is 5.32 Å². The van der Waals surface area contributed by atoms with E-state index in [9.17, 15) is 18.4 Å². The molecule has 0 aromatic heterocycles. The highest BCUT2D eigenvalue weighted by Gasteiger charge is 2.38. The molecule has 128 valence electrons. The SMILES string of the molecule is CN1Cc2c(S(=O)(=O)N(C)C)cc3c(c2C1)NC(=O)C3NO.Cl. The minimum atomic E-state index is -3.64. The summed E-state index contributed by atoms with van der Waals surface area (Å²) in [5.41, 5.74) is 4.51. The number of sulfonamides is 1. The van der Waals surface area contributed by atoms with Gasteiger partial charge in [-0.3, -0.25) is 9.69 Å². The summed E-state index contributed by atoms with van der Waals surface area (Å²) in [6, 6.07) is 0.524. The Labute approximate surface area is 140 Å². The van der Waals surface area contributed by atoms with E-state index in [-0.39, 0.29) is 17.3 Å². The average molecular weight is 363 g/mol. The van der Waals surface area contributed by atoms with E-state index in [1.807, 2.05) is 17.4 Å². The van der Waals surface area contributed by atoms with E-state index in [1.165, 1.54) is 20.2 Å². The highest BCUT2D eigenvalue weighted by molar-refractivity contribution is 7.89. The summed E-state index contributed by atoms with van der Waals surface area (Å²) in [6.07, 6.45) is 0. The van der Waals surface area contributed by atoms with Crippen LogP contribution in [0.4, 0.5) is 5.69 Å². The molecule has 3 rings (SSSR count). The van der Waals surface area contributed by atoms with Gasteiger partial charge in [0.2, 0.25) is 15.9 Å². The van der Waals surface area contributed by atoms with Crippen molar-refractivity contribution in [2.75, 3.05) is 26.5 Å².